The molecule has 0 spiro atoms. The van der Waals surface area contributed by atoms with Gasteiger partial charge < -0.3 is 5.11 Å². The zero-order chi connectivity index (χ0) is 13.4. The average molecular weight is 254 g/mol. The van der Waals surface area contributed by atoms with Crippen molar-refractivity contribution in [3.05, 3.63) is 48.0 Å². The number of carboxylic acid groups (broad SMARTS) is 1. The van der Waals surface area contributed by atoms with Crippen LogP contribution in [0.25, 0.3) is 16.9 Å². The molecule has 0 bridgehead atoms. The maximum atomic E-state index is 11.3. The number of carbonyl (C=O) groups is 1. The van der Waals surface area contributed by atoms with Gasteiger partial charge in [-0.25, -0.2) is 14.3 Å². The van der Waals surface area contributed by atoms with Crippen molar-refractivity contribution in [2.24, 2.45) is 0 Å². The number of aromatic nitrogens is 4. The minimum atomic E-state index is -1.04. The second-order valence-electron chi connectivity index (χ2n) is 4.12. The van der Waals surface area contributed by atoms with Crippen LogP contribution in [0.1, 0.15) is 16.2 Å². The number of hydrogen-bond acceptors (Lipinski definition) is 4. The molecule has 3 heterocycles. The summed E-state index contributed by atoms with van der Waals surface area (Å²) in [6.45, 7) is 1.80. The Kier molecular flexibility index (Phi) is 2.49. The molecule has 0 saturated carbocycles. The Morgan fingerprint density at radius 3 is 2.68 bits per heavy atom. The summed E-state index contributed by atoms with van der Waals surface area (Å²) < 4.78 is 1.34. The van der Waals surface area contributed by atoms with Gasteiger partial charge in [-0.1, -0.05) is 0 Å². The van der Waals surface area contributed by atoms with Crippen LogP contribution in [0, 0.1) is 6.92 Å². The van der Waals surface area contributed by atoms with Crippen molar-refractivity contribution in [3.63, 3.8) is 0 Å². The van der Waals surface area contributed by atoms with E-state index in [0.717, 1.165) is 11.3 Å². The molecule has 6 nitrogen and oxygen atoms in total. The minimum absolute atomic E-state index is 0.0879. The smallest absolute Gasteiger partial charge is 0.354 e. The Bertz CT molecular complexity index is 765. The first kappa shape index (κ1) is 11.3. The van der Waals surface area contributed by atoms with Crippen molar-refractivity contribution in [2.45, 2.75) is 6.92 Å². The van der Waals surface area contributed by atoms with Crippen LogP contribution in [-0.2, 0) is 0 Å². The summed E-state index contributed by atoms with van der Waals surface area (Å²) in [7, 11) is 0. The highest BCUT2D eigenvalue weighted by Crippen LogP contribution is 2.19. The highest BCUT2D eigenvalue weighted by Gasteiger charge is 2.14. The molecule has 0 amide bonds. The second kappa shape index (κ2) is 4.16. The second-order valence-corrected chi connectivity index (χ2v) is 4.12. The normalized spacial score (nSPS) is 10.8. The number of rotatable bonds is 2. The molecule has 0 atom stereocenters. The first-order valence-electron chi connectivity index (χ1n) is 5.66. The Hall–Kier alpha value is -2.76. The van der Waals surface area contributed by atoms with Gasteiger partial charge in [0.1, 0.15) is 0 Å². The van der Waals surface area contributed by atoms with Crippen LogP contribution in [0.2, 0.25) is 0 Å². The van der Waals surface area contributed by atoms with Crippen LogP contribution >= 0.6 is 0 Å². The number of hydrogen-bond donors (Lipinski definition) is 1. The fourth-order valence-corrected chi connectivity index (χ4v) is 1.91. The lowest BCUT2D eigenvalue weighted by molar-refractivity contribution is 0.0687. The summed E-state index contributed by atoms with van der Waals surface area (Å²) in [4.78, 5) is 19.7. The van der Waals surface area contributed by atoms with Gasteiger partial charge in [-0.05, 0) is 25.1 Å². The van der Waals surface area contributed by atoms with E-state index < -0.39 is 5.97 Å². The molecule has 0 saturated heterocycles. The lowest BCUT2D eigenvalue weighted by Crippen LogP contribution is -2.08. The zero-order valence-electron chi connectivity index (χ0n) is 10.1. The number of nitrogens with zero attached hydrogens (tertiary/aromatic N) is 4. The third kappa shape index (κ3) is 1.93. The first-order valence-corrected chi connectivity index (χ1v) is 5.66. The van der Waals surface area contributed by atoms with Gasteiger partial charge in [0, 0.05) is 24.0 Å². The molecular formula is C13H10N4O2. The monoisotopic (exact) mass is 254 g/mol. The molecule has 3 aromatic rings. The Morgan fingerprint density at radius 2 is 2.00 bits per heavy atom. The van der Waals surface area contributed by atoms with Gasteiger partial charge in [-0.2, -0.15) is 5.10 Å². The molecule has 1 N–H and O–H groups in total. The minimum Gasteiger partial charge on any atom is -0.477 e. The van der Waals surface area contributed by atoms with Crippen molar-refractivity contribution in [2.75, 3.05) is 0 Å². The van der Waals surface area contributed by atoms with Gasteiger partial charge in [-0.15, -0.1) is 0 Å². The van der Waals surface area contributed by atoms with Gasteiger partial charge in [0.05, 0.1) is 11.4 Å². The lowest BCUT2D eigenvalue weighted by atomic mass is 10.1. The van der Waals surface area contributed by atoms with Crippen molar-refractivity contribution >= 4 is 11.6 Å². The van der Waals surface area contributed by atoms with Gasteiger partial charge >= 0.3 is 5.97 Å². The number of carboxylic acids is 1. The summed E-state index contributed by atoms with van der Waals surface area (Å²) in [6, 6.07) is 6.83. The van der Waals surface area contributed by atoms with Gasteiger partial charge in [0.2, 0.25) is 0 Å². The molecule has 0 radical (unpaired) electrons. The van der Waals surface area contributed by atoms with E-state index in [4.69, 9.17) is 0 Å². The van der Waals surface area contributed by atoms with E-state index >= 15 is 0 Å². The fraction of sp³-hybridized carbons (Fsp3) is 0.0769. The lowest BCUT2D eigenvalue weighted by Gasteiger charge is -2.04. The maximum Gasteiger partial charge on any atom is 0.354 e. The molecule has 6 heteroatoms. The standard InChI is InChI=1S/C13H10N4O2/c1-8-6-12-15-10(9-2-4-14-5-3-9)7-11(13(18)19)17(12)16-8/h2-7H,1H3,(H,18,19). The van der Waals surface area contributed by atoms with Crippen LogP contribution in [0.15, 0.2) is 36.7 Å². The summed E-state index contributed by atoms with van der Waals surface area (Å²) in [5.74, 6) is -1.04. The van der Waals surface area contributed by atoms with Gasteiger partial charge in [0.15, 0.2) is 11.3 Å². The maximum absolute atomic E-state index is 11.3. The van der Waals surface area contributed by atoms with Crippen LogP contribution in [0.5, 0.6) is 0 Å². The van der Waals surface area contributed by atoms with Crippen LogP contribution in [0.4, 0.5) is 0 Å². The quantitative estimate of drug-likeness (QED) is 0.754. The molecule has 0 aromatic carbocycles. The predicted molar refractivity (Wildman–Crippen MR) is 67.9 cm³/mol. The number of fused-ring (bicyclic) bond motifs is 1. The number of pyridine rings is 1. The fourth-order valence-electron chi connectivity index (χ4n) is 1.91. The van der Waals surface area contributed by atoms with Crippen molar-refractivity contribution in [1.29, 1.82) is 0 Å². The molecule has 0 fully saturated rings. The van der Waals surface area contributed by atoms with Crippen molar-refractivity contribution in [3.8, 4) is 11.3 Å². The van der Waals surface area contributed by atoms with Crippen molar-refractivity contribution < 1.29 is 9.90 Å². The van der Waals surface area contributed by atoms with E-state index in [9.17, 15) is 9.90 Å². The molecule has 0 unspecified atom stereocenters. The van der Waals surface area contributed by atoms with Gasteiger partial charge in [0.25, 0.3) is 0 Å². The average Bonchev–Trinajstić information content (AvgIpc) is 2.78. The van der Waals surface area contributed by atoms with E-state index in [1.54, 1.807) is 37.5 Å². The summed E-state index contributed by atoms with van der Waals surface area (Å²) in [5.41, 5.74) is 2.74. The molecule has 3 rings (SSSR count). The van der Waals surface area contributed by atoms with E-state index in [-0.39, 0.29) is 5.69 Å². The summed E-state index contributed by atoms with van der Waals surface area (Å²) in [6.07, 6.45) is 3.28. The van der Waals surface area contributed by atoms with Crippen LogP contribution in [0.3, 0.4) is 0 Å². The van der Waals surface area contributed by atoms with E-state index in [1.807, 2.05) is 0 Å². The molecular weight excluding hydrogens is 244 g/mol. The molecule has 0 aliphatic heterocycles. The van der Waals surface area contributed by atoms with Crippen LogP contribution < -0.4 is 0 Å². The zero-order valence-corrected chi connectivity index (χ0v) is 10.1. The Labute approximate surface area is 108 Å². The topological polar surface area (TPSA) is 80.4 Å². The molecule has 94 valence electrons. The summed E-state index contributed by atoms with van der Waals surface area (Å²) >= 11 is 0. The van der Waals surface area contributed by atoms with E-state index in [0.29, 0.717) is 11.3 Å². The van der Waals surface area contributed by atoms with E-state index in [1.165, 1.54) is 10.6 Å². The molecule has 19 heavy (non-hydrogen) atoms. The number of aromatic carboxylic acids is 1. The first-order chi connectivity index (χ1) is 9.15. The Balaban J connectivity index is 2.30. The largest absolute Gasteiger partial charge is 0.477 e. The highest BCUT2D eigenvalue weighted by atomic mass is 16.4. The SMILES string of the molecule is Cc1cc2nc(-c3ccncc3)cc(C(=O)O)n2n1. The van der Waals surface area contributed by atoms with Gasteiger partial charge in [-0.3, -0.25) is 4.98 Å². The highest BCUT2D eigenvalue weighted by molar-refractivity contribution is 5.88. The Morgan fingerprint density at radius 1 is 1.26 bits per heavy atom. The summed E-state index contributed by atoms with van der Waals surface area (Å²) in [5, 5.41) is 13.4. The molecule has 0 aliphatic carbocycles. The van der Waals surface area contributed by atoms with Crippen molar-refractivity contribution in [1.82, 2.24) is 19.6 Å². The van der Waals surface area contributed by atoms with E-state index in [2.05, 4.69) is 15.1 Å². The molecule has 0 aliphatic rings. The third-order valence-corrected chi connectivity index (χ3v) is 2.74. The molecule has 3 aromatic heterocycles. The predicted octanol–water partition coefficient (Wildman–Crippen LogP) is 1.80. The third-order valence-electron chi connectivity index (χ3n) is 2.74. The van der Waals surface area contributed by atoms with Crippen LogP contribution in [-0.4, -0.2) is 30.7 Å². The number of aryl methyl sites for hydroxylation is 1.